The largest absolute Gasteiger partial charge is 0.346 e. The Morgan fingerprint density at radius 1 is 1.41 bits per heavy atom. The summed E-state index contributed by atoms with van der Waals surface area (Å²) in [7, 11) is 0. The molecule has 0 radical (unpaired) electrons. The number of rotatable bonds is 7. The SMILES string of the molecule is CCOC(OCC)C(=O)Cc1ccncc1Cl. The van der Waals surface area contributed by atoms with Gasteiger partial charge in [-0.3, -0.25) is 9.78 Å². The van der Waals surface area contributed by atoms with E-state index in [2.05, 4.69) is 4.98 Å². The van der Waals surface area contributed by atoms with E-state index in [9.17, 15) is 4.79 Å². The molecule has 4 nitrogen and oxygen atoms in total. The van der Waals surface area contributed by atoms with Gasteiger partial charge in [0, 0.05) is 32.0 Å². The maximum atomic E-state index is 11.9. The van der Waals surface area contributed by atoms with Gasteiger partial charge in [-0.25, -0.2) is 0 Å². The Kier molecular flexibility index (Phi) is 6.11. The topological polar surface area (TPSA) is 48.4 Å². The normalized spacial score (nSPS) is 10.8. The van der Waals surface area contributed by atoms with Crippen LogP contribution < -0.4 is 0 Å². The summed E-state index contributed by atoms with van der Waals surface area (Å²) >= 11 is 5.93. The lowest BCUT2D eigenvalue weighted by Gasteiger charge is -2.15. The van der Waals surface area contributed by atoms with Crippen molar-refractivity contribution in [3.8, 4) is 0 Å². The molecule has 17 heavy (non-hydrogen) atoms. The van der Waals surface area contributed by atoms with Gasteiger partial charge < -0.3 is 9.47 Å². The summed E-state index contributed by atoms with van der Waals surface area (Å²) in [5.74, 6) is -0.137. The molecule has 5 heteroatoms. The number of aromatic nitrogens is 1. The second-order valence-electron chi connectivity index (χ2n) is 3.35. The van der Waals surface area contributed by atoms with Crippen LogP contribution in [0.5, 0.6) is 0 Å². The fraction of sp³-hybridized carbons (Fsp3) is 0.500. The lowest BCUT2D eigenvalue weighted by Crippen LogP contribution is -2.29. The first-order valence-electron chi connectivity index (χ1n) is 5.53. The van der Waals surface area contributed by atoms with Crippen LogP contribution in [-0.4, -0.2) is 30.3 Å². The summed E-state index contributed by atoms with van der Waals surface area (Å²) in [5.41, 5.74) is 0.732. The van der Waals surface area contributed by atoms with Crippen LogP contribution in [0, 0.1) is 0 Å². The Balaban J connectivity index is 2.66. The smallest absolute Gasteiger partial charge is 0.218 e. The monoisotopic (exact) mass is 257 g/mol. The Hall–Kier alpha value is -0.970. The van der Waals surface area contributed by atoms with Crippen molar-refractivity contribution in [2.24, 2.45) is 0 Å². The molecule has 1 heterocycles. The van der Waals surface area contributed by atoms with Crippen molar-refractivity contribution in [2.75, 3.05) is 13.2 Å². The van der Waals surface area contributed by atoms with E-state index in [0.717, 1.165) is 5.56 Å². The molecular formula is C12H16ClNO3. The highest BCUT2D eigenvalue weighted by atomic mass is 35.5. The fourth-order valence-electron chi connectivity index (χ4n) is 1.36. The lowest BCUT2D eigenvalue weighted by molar-refractivity contribution is -0.167. The third-order valence-corrected chi connectivity index (χ3v) is 2.46. The molecule has 0 saturated carbocycles. The number of halogens is 1. The van der Waals surface area contributed by atoms with Gasteiger partial charge >= 0.3 is 0 Å². The van der Waals surface area contributed by atoms with Crippen LogP contribution in [0.25, 0.3) is 0 Å². The highest BCUT2D eigenvalue weighted by molar-refractivity contribution is 6.31. The number of hydrogen-bond acceptors (Lipinski definition) is 4. The van der Waals surface area contributed by atoms with E-state index in [1.165, 1.54) is 6.20 Å². The molecule has 0 aliphatic heterocycles. The zero-order chi connectivity index (χ0) is 12.7. The quantitative estimate of drug-likeness (QED) is 0.703. The fourth-order valence-corrected chi connectivity index (χ4v) is 1.54. The molecular weight excluding hydrogens is 242 g/mol. The average molecular weight is 258 g/mol. The van der Waals surface area contributed by atoms with E-state index in [1.807, 2.05) is 13.8 Å². The first-order valence-corrected chi connectivity index (χ1v) is 5.91. The Morgan fingerprint density at radius 3 is 2.59 bits per heavy atom. The van der Waals surface area contributed by atoms with Crippen molar-refractivity contribution in [1.82, 2.24) is 4.98 Å². The van der Waals surface area contributed by atoms with E-state index >= 15 is 0 Å². The van der Waals surface area contributed by atoms with Gasteiger partial charge in [0.25, 0.3) is 0 Å². The van der Waals surface area contributed by atoms with Gasteiger partial charge in [0.1, 0.15) is 0 Å². The van der Waals surface area contributed by atoms with Crippen LogP contribution in [0.15, 0.2) is 18.5 Å². The number of carbonyl (C=O) groups excluding carboxylic acids is 1. The maximum absolute atomic E-state index is 11.9. The minimum Gasteiger partial charge on any atom is -0.346 e. The second-order valence-corrected chi connectivity index (χ2v) is 3.76. The molecule has 0 amide bonds. The molecule has 0 spiro atoms. The van der Waals surface area contributed by atoms with Crippen molar-refractivity contribution in [1.29, 1.82) is 0 Å². The predicted molar refractivity (Wildman–Crippen MR) is 65.0 cm³/mol. The molecule has 0 unspecified atom stereocenters. The number of Topliss-reactive ketones (excluding diaryl/α,β-unsaturated/α-hetero) is 1. The molecule has 0 fully saturated rings. The van der Waals surface area contributed by atoms with Crippen molar-refractivity contribution in [2.45, 2.75) is 26.6 Å². The second kappa shape index (κ2) is 7.37. The highest BCUT2D eigenvalue weighted by Gasteiger charge is 2.19. The molecule has 0 N–H and O–H groups in total. The number of hydrogen-bond donors (Lipinski definition) is 0. The third kappa shape index (κ3) is 4.42. The van der Waals surface area contributed by atoms with E-state index < -0.39 is 6.29 Å². The van der Waals surface area contributed by atoms with E-state index in [0.29, 0.717) is 18.2 Å². The molecule has 0 aliphatic carbocycles. The lowest BCUT2D eigenvalue weighted by atomic mass is 10.1. The van der Waals surface area contributed by atoms with Gasteiger partial charge in [0.05, 0.1) is 5.02 Å². The maximum Gasteiger partial charge on any atom is 0.218 e. The van der Waals surface area contributed by atoms with Crippen molar-refractivity contribution >= 4 is 17.4 Å². The van der Waals surface area contributed by atoms with Crippen molar-refractivity contribution in [3.63, 3.8) is 0 Å². The van der Waals surface area contributed by atoms with Gasteiger partial charge in [-0.15, -0.1) is 0 Å². The number of nitrogens with zero attached hydrogens (tertiary/aromatic N) is 1. The highest BCUT2D eigenvalue weighted by Crippen LogP contribution is 2.15. The summed E-state index contributed by atoms with van der Waals surface area (Å²) in [6, 6.07) is 1.72. The zero-order valence-corrected chi connectivity index (χ0v) is 10.7. The van der Waals surface area contributed by atoms with Crippen LogP contribution in [0.2, 0.25) is 5.02 Å². The number of pyridine rings is 1. The number of carbonyl (C=O) groups is 1. The van der Waals surface area contributed by atoms with E-state index in [4.69, 9.17) is 21.1 Å². The predicted octanol–water partition coefficient (Wildman–Crippen LogP) is 2.25. The standard InChI is InChI=1S/C12H16ClNO3/c1-3-16-12(17-4-2)11(15)7-9-5-6-14-8-10(9)13/h5-6,8,12H,3-4,7H2,1-2H3. The molecule has 0 saturated heterocycles. The summed E-state index contributed by atoms with van der Waals surface area (Å²) < 4.78 is 10.5. The van der Waals surface area contributed by atoms with Gasteiger partial charge in [-0.05, 0) is 25.5 Å². The van der Waals surface area contributed by atoms with Gasteiger partial charge in [0.15, 0.2) is 5.78 Å². The third-order valence-electron chi connectivity index (χ3n) is 2.12. The number of ether oxygens (including phenoxy) is 2. The summed E-state index contributed by atoms with van der Waals surface area (Å²) in [6.07, 6.45) is 2.49. The van der Waals surface area contributed by atoms with Crippen LogP contribution in [-0.2, 0) is 20.7 Å². The first-order chi connectivity index (χ1) is 8.19. The molecule has 0 bridgehead atoms. The average Bonchev–Trinajstić information content (AvgIpc) is 2.32. The van der Waals surface area contributed by atoms with Crippen molar-refractivity contribution < 1.29 is 14.3 Å². The summed E-state index contributed by atoms with van der Waals surface area (Å²) in [4.78, 5) is 15.8. The van der Waals surface area contributed by atoms with Gasteiger partial charge in [0.2, 0.25) is 6.29 Å². The minimum atomic E-state index is -0.811. The minimum absolute atomic E-state index is 0.137. The molecule has 1 aromatic heterocycles. The summed E-state index contributed by atoms with van der Waals surface area (Å²) in [6.45, 7) is 4.50. The zero-order valence-electron chi connectivity index (χ0n) is 9.98. The van der Waals surface area contributed by atoms with Crippen LogP contribution in [0.1, 0.15) is 19.4 Å². The van der Waals surface area contributed by atoms with E-state index in [-0.39, 0.29) is 12.2 Å². The van der Waals surface area contributed by atoms with Gasteiger partial charge in [-0.1, -0.05) is 11.6 Å². The Morgan fingerprint density at radius 2 is 2.06 bits per heavy atom. The molecule has 0 aliphatic rings. The molecule has 0 aromatic carbocycles. The van der Waals surface area contributed by atoms with Crippen LogP contribution in [0.3, 0.4) is 0 Å². The van der Waals surface area contributed by atoms with Crippen LogP contribution >= 0.6 is 11.6 Å². The Labute approximate surface area is 106 Å². The Bertz CT molecular complexity index is 365. The molecule has 0 atom stereocenters. The van der Waals surface area contributed by atoms with E-state index in [1.54, 1.807) is 12.3 Å². The summed E-state index contributed by atoms with van der Waals surface area (Å²) in [5, 5.41) is 0.479. The van der Waals surface area contributed by atoms with Crippen molar-refractivity contribution in [3.05, 3.63) is 29.0 Å². The van der Waals surface area contributed by atoms with Crippen LogP contribution in [0.4, 0.5) is 0 Å². The number of ketones is 1. The molecule has 1 aromatic rings. The van der Waals surface area contributed by atoms with Gasteiger partial charge in [-0.2, -0.15) is 0 Å². The molecule has 1 rings (SSSR count). The molecule has 94 valence electrons. The first kappa shape index (κ1) is 14.1.